The zero-order chi connectivity index (χ0) is 16.2. The highest BCUT2D eigenvalue weighted by atomic mass is 32.3. The Morgan fingerprint density at radius 3 is 2.55 bits per heavy atom. The van der Waals surface area contributed by atoms with E-state index in [1.54, 1.807) is 0 Å². The van der Waals surface area contributed by atoms with Gasteiger partial charge >= 0.3 is 16.5 Å². The first-order valence-electron chi connectivity index (χ1n) is 6.83. The van der Waals surface area contributed by atoms with Crippen LogP contribution in [0.25, 0.3) is 0 Å². The van der Waals surface area contributed by atoms with Crippen LogP contribution in [0.1, 0.15) is 12.8 Å². The lowest BCUT2D eigenvalue weighted by Gasteiger charge is -2.15. The molecule has 1 aliphatic carbocycles. The molecule has 1 aromatic carbocycles. The summed E-state index contributed by atoms with van der Waals surface area (Å²) >= 11 is 0. The maximum absolute atomic E-state index is 12.3. The highest BCUT2D eigenvalue weighted by Crippen LogP contribution is 2.24. The molecule has 0 spiro atoms. The second kappa shape index (κ2) is 6.93. The number of nitrogens with one attached hydrogen (secondary N) is 2. The van der Waals surface area contributed by atoms with Crippen molar-refractivity contribution in [3.8, 4) is 5.75 Å². The summed E-state index contributed by atoms with van der Waals surface area (Å²) in [5, 5.41) is 5.30. The number of carbonyl (C=O) groups is 1. The van der Waals surface area contributed by atoms with Crippen LogP contribution in [0.5, 0.6) is 5.75 Å². The van der Waals surface area contributed by atoms with Crippen molar-refractivity contribution in [1.29, 1.82) is 0 Å². The summed E-state index contributed by atoms with van der Waals surface area (Å²) < 4.78 is 37.0. The minimum absolute atomic E-state index is 0.167. The topological polar surface area (TPSA) is 87.7 Å². The number of rotatable bonds is 7. The Morgan fingerprint density at radius 1 is 1.36 bits per heavy atom. The van der Waals surface area contributed by atoms with Crippen LogP contribution in [-0.2, 0) is 10.5 Å². The van der Waals surface area contributed by atoms with Crippen molar-refractivity contribution >= 4 is 22.2 Å². The van der Waals surface area contributed by atoms with Gasteiger partial charge in [-0.2, -0.15) is 8.42 Å². The van der Waals surface area contributed by atoms with Crippen LogP contribution in [0.3, 0.4) is 0 Å². The second-order valence-electron chi connectivity index (χ2n) is 5.09. The van der Waals surface area contributed by atoms with E-state index in [-0.39, 0.29) is 11.8 Å². The molecule has 2 N–H and O–H groups in total. The summed E-state index contributed by atoms with van der Waals surface area (Å²) in [5.74, 6) is -0.167. The third-order valence-electron chi connectivity index (χ3n) is 3.23. The quantitative estimate of drug-likeness (QED) is 0.739. The Labute approximate surface area is 128 Å². The SMILES string of the molecule is CN(CCNC(=O)Nc1ccc(OS(=O)(=O)F)cc1)C1CC1. The molecular weight excluding hydrogens is 313 g/mol. The third kappa shape index (κ3) is 5.86. The molecule has 0 saturated heterocycles. The van der Waals surface area contributed by atoms with E-state index in [1.165, 1.54) is 37.1 Å². The number of benzene rings is 1. The second-order valence-corrected chi connectivity index (χ2v) is 6.05. The van der Waals surface area contributed by atoms with Crippen LogP contribution in [0.2, 0.25) is 0 Å². The molecule has 0 unspecified atom stereocenters. The Morgan fingerprint density at radius 2 is 2.00 bits per heavy atom. The Bertz CT molecular complexity index is 617. The number of nitrogens with zero attached hydrogens (tertiary/aromatic N) is 1. The minimum atomic E-state index is -5.04. The summed E-state index contributed by atoms with van der Waals surface area (Å²) in [4.78, 5) is 13.9. The van der Waals surface area contributed by atoms with Crippen molar-refractivity contribution in [2.24, 2.45) is 0 Å². The van der Waals surface area contributed by atoms with Crippen molar-refractivity contribution in [2.75, 3.05) is 25.5 Å². The molecule has 22 heavy (non-hydrogen) atoms. The van der Waals surface area contributed by atoms with Crippen LogP contribution in [0, 0.1) is 0 Å². The highest BCUT2D eigenvalue weighted by Gasteiger charge is 2.25. The standard InChI is InChI=1S/C13H18FN3O4S/c1-17(11-4-5-11)9-8-15-13(18)16-10-2-6-12(7-3-10)21-22(14,19)20/h2-3,6-7,11H,4-5,8-9H2,1H3,(H2,15,16,18). The lowest BCUT2D eigenvalue weighted by atomic mass is 10.3. The van der Waals surface area contributed by atoms with E-state index in [4.69, 9.17) is 0 Å². The van der Waals surface area contributed by atoms with Crippen molar-refractivity contribution in [1.82, 2.24) is 10.2 Å². The first kappa shape index (κ1) is 16.5. The molecule has 0 bridgehead atoms. The van der Waals surface area contributed by atoms with Crippen LogP contribution in [0.15, 0.2) is 24.3 Å². The average molecular weight is 331 g/mol. The number of hydrogen-bond donors (Lipinski definition) is 2. The lowest BCUT2D eigenvalue weighted by molar-refractivity contribution is 0.249. The van der Waals surface area contributed by atoms with Gasteiger partial charge < -0.3 is 19.7 Å². The van der Waals surface area contributed by atoms with Gasteiger partial charge in [0, 0.05) is 24.8 Å². The van der Waals surface area contributed by atoms with Crippen molar-refractivity contribution in [2.45, 2.75) is 18.9 Å². The largest absolute Gasteiger partial charge is 0.488 e. The predicted molar refractivity (Wildman–Crippen MR) is 79.8 cm³/mol. The van der Waals surface area contributed by atoms with Crippen molar-refractivity contribution < 1.29 is 21.3 Å². The normalized spacial score (nSPS) is 14.7. The molecule has 1 aromatic rings. The zero-order valence-electron chi connectivity index (χ0n) is 12.1. The summed E-state index contributed by atoms with van der Waals surface area (Å²) in [7, 11) is -3.02. The molecule has 0 heterocycles. The first-order chi connectivity index (χ1) is 10.3. The summed E-state index contributed by atoms with van der Waals surface area (Å²) in [6.45, 7) is 1.30. The maximum atomic E-state index is 12.3. The van der Waals surface area contributed by atoms with Gasteiger partial charge in [-0.1, -0.05) is 3.89 Å². The Hall–Kier alpha value is -1.87. The van der Waals surface area contributed by atoms with Gasteiger partial charge in [0.05, 0.1) is 0 Å². The number of hydrogen-bond acceptors (Lipinski definition) is 5. The molecule has 2 amide bonds. The monoisotopic (exact) mass is 331 g/mol. The Balaban J connectivity index is 1.73. The molecule has 1 saturated carbocycles. The highest BCUT2D eigenvalue weighted by molar-refractivity contribution is 7.81. The van der Waals surface area contributed by atoms with Gasteiger partial charge in [-0.25, -0.2) is 4.79 Å². The van der Waals surface area contributed by atoms with Gasteiger partial charge in [0.25, 0.3) is 0 Å². The number of halogens is 1. The third-order valence-corrected chi connectivity index (χ3v) is 3.62. The van der Waals surface area contributed by atoms with Crippen molar-refractivity contribution in [3.63, 3.8) is 0 Å². The number of anilines is 1. The number of amides is 2. The first-order valence-corrected chi connectivity index (χ1v) is 8.13. The molecule has 0 radical (unpaired) electrons. The summed E-state index contributed by atoms with van der Waals surface area (Å²) in [6, 6.07) is 5.59. The van der Waals surface area contributed by atoms with Gasteiger partial charge in [0.1, 0.15) is 5.75 Å². The van der Waals surface area contributed by atoms with E-state index in [2.05, 4.69) is 19.7 Å². The van der Waals surface area contributed by atoms with Gasteiger partial charge in [0.2, 0.25) is 0 Å². The van der Waals surface area contributed by atoms with Crippen LogP contribution in [-0.4, -0.2) is 45.5 Å². The molecule has 0 aromatic heterocycles. The predicted octanol–water partition coefficient (Wildman–Crippen LogP) is 1.50. The summed E-state index contributed by atoms with van der Waals surface area (Å²) in [6.07, 6.45) is 2.43. The van der Waals surface area contributed by atoms with Crippen LogP contribution < -0.4 is 14.8 Å². The molecule has 9 heteroatoms. The molecule has 0 atom stereocenters. The number of carbonyl (C=O) groups excluding carboxylic acids is 1. The molecule has 1 aliphatic rings. The number of urea groups is 1. The molecular formula is C13H18FN3O4S. The van der Waals surface area contributed by atoms with E-state index >= 15 is 0 Å². The fraction of sp³-hybridized carbons (Fsp3) is 0.462. The van der Waals surface area contributed by atoms with Gasteiger partial charge in [-0.15, -0.1) is 0 Å². The van der Waals surface area contributed by atoms with E-state index in [0.717, 1.165) is 6.54 Å². The molecule has 1 fully saturated rings. The van der Waals surface area contributed by atoms with E-state index in [9.17, 15) is 17.1 Å². The molecule has 122 valence electrons. The van der Waals surface area contributed by atoms with Crippen molar-refractivity contribution in [3.05, 3.63) is 24.3 Å². The minimum Gasteiger partial charge on any atom is -0.358 e. The molecule has 2 rings (SSSR count). The van der Waals surface area contributed by atoms with Crippen LogP contribution in [0.4, 0.5) is 14.4 Å². The average Bonchev–Trinajstić information content (AvgIpc) is 3.23. The number of likely N-dealkylation sites (N-methyl/N-ethyl adjacent to an activating group) is 1. The van der Waals surface area contributed by atoms with Gasteiger partial charge in [-0.3, -0.25) is 0 Å². The van der Waals surface area contributed by atoms with E-state index in [0.29, 0.717) is 18.3 Å². The maximum Gasteiger partial charge on any atom is 0.488 e. The van der Waals surface area contributed by atoms with Gasteiger partial charge in [0.15, 0.2) is 0 Å². The fourth-order valence-corrected chi connectivity index (χ4v) is 2.27. The Kier molecular flexibility index (Phi) is 5.19. The smallest absolute Gasteiger partial charge is 0.358 e. The van der Waals surface area contributed by atoms with E-state index < -0.39 is 10.5 Å². The van der Waals surface area contributed by atoms with E-state index in [1.807, 2.05) is 7.05 Å². The summed E-state index contributed by atoms with van der Waals surface area (Å²) in [5.41, 5.74) is 0.441. The van der Waals surface area contributed by atoms with Crippen LogP contribution >= 0.6 is 0 Å². The zero-order valence-corrected chi connectivity index (χ0v) is 12.9. The lowest BCUT2D eigenvalue weighted by Crippen LogP contribution is -2.36. The molecule has 0 aliphatic heterocycles. The molecule has 7 nitrogen and oxygen atoms in total. The fourth-order valence-electron chi connectivity index (χ4n) is 1.93. The van der Waals surface area contributed by atoms with Gasteiger partial charge in [-0.05, 0) is 44.2 Å².